The van der Waals surface area contributed by atoms with E-state index in [0.717, 1.165) is 5.01 Å². The summed E-state index contributed by atoms with van der Waals surface area (Å²) < 4.78 is 25.8. The largest absolute Gasteiger partial charge is 0.272 e. The molecule has 1 saturated heterocycles. The zero-order valence-electron chi connectivity index (χ0n) is 11.9. The fraction of sp³-hybridized carbons (Fsp3) is 0.118. The summed E-state index contributed by atoms with van der Waals surface area (Å²) in [5.41, 5.74) is 1.14. The lowest BCUT2D eigenvalue weighted by atomic mass is 9.98. The normalized spacial score (nSPS) is 18.2. The van der Waals surface area contributed by atoms with E-state index < -0.39 is 23.5 Å². The fourth-order valence-electron chi connectivity index (χ4n) is 2.37. The van der Waals surface area contributed by atoms with E-state index in [2.05, 4.69) is 5.10 Å². The number of imide groups is 1. The van der Waals surface area contributed by atoms with Gasteiger partial charge in [0.2, 0.25) is 0 Å². The van der Waals surface area contributed by atoms with Gasteiger partial charge in [0, 0.05) is 6.42 Å². The van der Waals surface area contributed by atoms with Gasteiger partial charge in [0.15, 0.2) is 0 Å². The molecule has 6 heteroatoms. The zero-order chi connectivity index (χ0) is 16.4. The van der Waals surface area contributed by atoms with E-state index in [1.54, 1.807) is 0 Å². The topological polar surface area (TPSA) is 49.7 Å². The number of benzene rings is 2. The maximum atomic E-state index is 12.9. The number of amides is 2. The maximum absolute atomic E-state index is 12.9. The Bertz CT molecular complexity index is 770. The molecule has 4 nitrogen and oxygen atoms in total. The number of hydrogen-bond acceptors (Lipinski definition) is 3. The summed E-state index contributed by atoms with van der Waals surface area (Å²) in [6, 6.07) is 11.0. The molecule has 1 aliphatic heterocycles. The third-order valence-corrected chi connectivity index (χ3v) is 3.59. The van der Waals surface area contributed by atoms with Gasteiger partial charge < -0.3 is 0 Å². The first kappa shape index (κ1) is 15.0. The van der Waals surface area contributed by atoms with Crippen LogP contribution >= 0.6 is 0 Å². The summed E-state index contributed by atoms with van der Waals surface area (Å²) >= 11 is 0. The predicted molar refractivity (Wildman–Crippen MR) is 79.6 cm³/mol. The minimum atomic E-state index is -0.659. The van der Waals surface area contributed by atoms with E-state index in [4.69, 9.17) is 0 Å². The Hall–Kier alpha value is -2.89. The molecule has 0 bridgehead atoms. The second kappa shape index (κ2) is 6.08. The number of hydrogen-bond donors (Lipinski definition) is 0. The van der Waals surface area contributed by atoms with Gasteiger partial charge in [-0.3, -0.25) is 9.59 Å². The van der Waals surface area contributed by atoms with E-state index >= 15 is 0 Å². The number of carbonyl (C=O) groups is 2. The van der Waals surface area contributed by atoms with E-state index in [-0.39, 0.29) is 12.2 Å². The van der Waals surface area contributed by atoms with Crippen molar-refractivity contribution in [1.82, 2.24) is 5.01 Å². The summed E-state index contributed by atoms with van der Waals surface area (Å²) in [6.45, 7) is 0. The van der Waals surface area contributed by atoms with Gasteiger partial charge in [0.05, 0.1) is 12.1 Å². The third-order valence-electron chi connectivity index (χ3n) is 3.59. The van der Waals surface area contributed by atoms with E-state index in [9.17, 15) is 18.4 Å². The van der Waals surface area contributed by atoms with Gasteiger partial charge >= 0.3 is 0 Å². The van der Waals surface area contributed by atoms with E-state index in [0.29, 0.717) is 11.1 Å². The molecule has 1 fully saturated rings. The highest BCUT2D eigenvalue weighted by Gasteiger charge is 2.39. The molecule has 0 N–H and O–H groups in total. The lowest BCUT2D eigenvalue weighted by Gasteiger charge is -2.09. The summed E-state index contributed by atoms with van der Waals surface area (Å²) in [7, 11) is 0. The predicted octanol–water partition coefficient (Wildman–Crippen LogP) is 2.84. The first-order chi connectivity index (χ1) is 11.0. The summed E-state index contributed by atoms with van der Waals surface area (Å²) in [5.74, 6) is -2.33. The summed E-state index contributed by atoms with van der Waals surface area (Å²) in [5, 5.41) is 4.69. The van der Waals surface area contributed by atoms with Crippen molar-refractivity contribution in [3.05, 3.63) is 71.3 Å². The molecule has 0 spiro atoms. The molecule has 1 aliphatic rings. The van der Waals surface area contributed by atoms with Gasteiger partial charge in [0.25, 0.3) is 11.8 Å². The van der Waals surface area contributed by atoms with Crippen molar-refractivity contribution in [3.63, 3.8) is 0 Å². The molecule has 0 aliphatic carbocycles. The van der Waals surface area contributed by atoms with Crippen LogP contribution in [0.25, 0.3) is 0 Å². The van der Waals surface area contributed by atoms with Crippen LogP contribution in [0, 0.1) is 11.6 Å². The van der Waals surface area contributed by atoms with Crippen molar-refractivity contribution in [2.24, 2.45) is 5.10 Å². The summed E-state index contributed by atoms with van der Waals surface area (Å²) in [6.07, 6.45) is 1.31. The highest BCUT2D eigenvalue weighted by molar-refractivity contribution is 6.06. The molecule has 116 valence electrons. The van der Waals surface area contributed by atoms with Crippen LogP contribution in [0.15, 0.2) is 53.6 Å². The van der Waals surface area contributed by atoms with Crippen LogP contribution in [0.1, 0.15) is 23.5 Å². The van der Waals surface area contributed by atoms with Gasteiger partial charge in [0.1, 0.15) is 11.6 Å². The van der Waals surface area contributed by atoms with Crippen LogP contribution in [0.4, 0.5) is 8.78 Å². The highest BCUT2D eigenvalue weighted by Crippen LogP contribution is 2.29. The molecular weight excluding hydrogens is 302 g/mol. The van der Waals surface area contributed by atoms with Crippen LogP contribution in [-0.4, -0.2) is 23.0 Å². The molecule has 2 aromatic carbocycles. The molecule has 2 amide bonds. The fourth-order valence-corrected chi connectivity index (χ4v) is 2.37. The van der Waals surface area contributed by atoms with Gasteiger partial charge in [-0.25, -0.2) is 8.78 Å². The highest BCUT2D eigenvalue weighted by atomic mass is 19.1. The first-order valence-electron chi connectivity index (χ1n) is 6.96. The Morgan fingerprint density at radius 1 is 0.957 bits per heavy atom. The smallest absolute Gasteiger partial charge is 0.257 e. The zero-order valence-corrected chi connectivity index (χ0v) is 11.9. The minimum absolute atomic E-state index is 0.00871. The van der Waals surface area contributed by atoms with Gasteiger partial charge in [-0.2, -0.15) is 10.1 Å². The third kappa shape index (κ3) is 3.15. The summed E-state index contributed by atoms with van der Waals surface area (Å²) in [4.78, 5) is 24.3. The van der Waals surface area contributed by atoms with E-state index in [1.807, 2.05) is 0 Å². The van der Waals surface area contributed by atoms with Crippen LogP contribution in [0.3, 0.4) is 0 Å². The van der Waals surface area contributed by atoms with Crippen LogP contribution in [0.5, 0.6) is 0 Å². The Balaban J connectivity index is 1.78. The SMILES string of the molecule is O=C1CC(c2ccc(F)cc2)C(=O)N1/N=C/c1ccc(F)cc1. The number of carbonyl (C=O) groups excluding carboxylic acids is 2. The average Bonchev–Trinajstić information content (AvgIpc) is 2.82. The van der Waals surface area contributed by atoms with Gasteiger partial charge in [-0.1, -0.05) is 24.3 Å². The molecular formula is C17H12F2N2O2. The Morgan fingerprint density at radius 3 is 2.13 bits per heavy atom. The molecule has 23 heavy (non-hydrogen) atoms. The number of halogens is 2. The average molecular weight is 314 g/mol. The number of hydrazone groups is 1. The number of nitrogens with zero attached hydrogens (tertiary/aromatic N) is 2. The second-order valence-corrected chi connectivity index (χ2v) is 5.15. The van der Waals surface area contributed by atoms with Crippen molar-refractivity contribution < 1.29 is 18.4 Å². The molecule has 1 unspecified atom stereocenters. The van der Waals surface area contributed by atoms with Crippen molar-refractivity contribution >= 4 is 18.0 Å². The lowest BCUT2D eigenvalue weighted by Crippen LogP contribution is -2.24. The Kier molecular flexibility index (Phi) is 3.97. The number of rotatable bonds is 3. The van der Waals surface area contributed by atoms with Gasteiger partial charge in [-0.15, -0.1) is 0 Å². The molecule has 0 saturated carbocycles. The standard InChI is InChI=1S/C17H12F2N2O2/c18-13-5-1-11(2-6-13)10-20-21-16(22)9-15(17(21)23)12-3-7-14(19)8-4-12/h1-8,10,15H,9H2/b20-10+. The maximum Gasteiger partial charge on any atom is 0.257 e. The van der Waals surface area contributed by atoms with Gasteiger partial charge in [-0.05, 0) is 35.4 Å². The molecule has 1 heterocycles. The van der Waals surface area contributed by atoms with Crippen LogP contribution in [0.2, 0.25) is 0 Å². The van der Waals surface area contributed by atoms with Crippen LogP contribution in [-0.2, 0) is 9.59 Å². The van der Waals surface area contributed by atoms with Crippen LogP contribution < -0.4 is 0 Å². The molecule has 0 radical (unpaired) electrons. The molecule has 3 rings (SSSR count). The van der Waals surface area contributed by atoms with Crippen molar-refractivity contribution in [3.8, 4) is 0 Å². The first-order valence-corrected chi connectivity index (χ1v) is 6.96. The Morgan fingerprint density at radius 2 is 1.52 bits per heavy atom. The van der Waals surface area contributed by atoms with Crippen molar-refractivity contribution in [2.45, 2.75) is 12.3 Å². The van der Waals surface area contributed by atoms with Crippen molar-refractivity contribution in [1.29, 1.82) is 0 Å². The van der Waals surface area contributed by atoms with Crippen molar-refractivity contribution in [2.75, 3.05) is 0 Å². The second-order valence-electron chi connectivity index (χ2n) is 5.15. The molecule has 2 aromatic rings. The molecule has 1 atom stereocenters. The lowest BCUT2D eigenvalue weighted by molar-refractivity contribution is -0.138. The quantitative estimate of drug-likeness (QED) is 0.646. The molecule has 0 aromatic heterocycles. The monoisotopic (exact) mass is 314 g/mol. The van der Waals surface area contributed by atoms with E-state index in [1.165, 1.54) is 54.7 Å². The minimum Gasteiger partial charge on any atom is -0.272 e. The Labute approximate surface area is 131 Å².